The molecule has 1 atom stereocenters. The first-order chi connectivity index (χ1) is 21.0. The maximum absolute atomic E-state index is 13.7. The van der Waals surface area contributed by atoms with Gasteiger partial charge in [-0.2, -0.15) is 0 Å². The molecule has 1 aromatic heterocycles. The number of rotatable bonds is 11. The number of nitrogens with two attached hydrogens (primary N) is 1. The zero-order valence-electron chi connectivity index (χ0n) is 23.2. The molecule has 1 unspecified atom stereocenters. The zero-order valence-corrected chi connectivity index (χ0v) is 23.2. The molecule has 0 aliphatic heterocycles. The van der Waals surface area contributed by atoms with Crippen LogP contribution in [0.4, 0.5) is 13.2 Å². The number of carbonyl (C=O) groups excluding carboxylic acids is 1. The van der Waals surface area contributed by atoms with E-state index >= 15 is 0 Å². The van der Waals surface area contributed by atoms with Crippen LogP contribution in [0.5, 0.6) is 17.2 Å². The number of carbonyl (C=O) groups is 2. The number of carboxylic acids is 1. The number of fused-ring (bicyclic) bond motifs is 1. The molecule has 9 nitrogen and oxygen atoms in total. The number of ether oxygens (including phenoxy) is 3. The quantitative estimate of drug-likeness (QED) is 0.203. The maximum atomic E-state index is 13.7. The lowest BCUT2D eigenvalue weighted by molar-refractivity contribution is -0.274. The molecule has 1 amide bonds. The normalized spacial score (nSPS) is 12.8. The molecule has 0 bridgehead atoms. The highest BCUT2D eigenvalue weighted by Crippen LogP contribution is 2.37. The second kappa shape index (κ2) is 12.0. The molecule has 1 heterocycles. The van der Waals surface area contributed by atoms with Crippen LogP contribution >= 0.6 is 0 Å². The van der Waals surface area contributed by atoms with Crippen molar-refractivity contribution < 1.29 is 42.1 Å². The fourth-order valence-electron chi connectivity index (χ4n) is 4.93. The Morgan fingerprint density at radius 1 is 0.886 bits per heavy atom. The number of halogens is 3. The molecular formula is C32H26F3N3O6. The number of primary amides is 1. The summed E-state index contributed by atoms with van der Waals surface area (Å²) in [6.07, 6.45) is -4.85. The summed E-state index contributed by atoms with van der Waals surface area (Å²) in [5.41, 5.74) is 6.06. The monoisotopic (exact) mass is 605 g/mol. The Morgan fingerprint density at radius 2 is 1.59 bits per heavy atom. The number of imidazole rings is 1. The lowest BCUT2D eigenvalue weighted by Gasteiger charge is -2.31. The van der Waals surface area contributed by atoms with Crippen molar-refractivity contribution in [1.29, 1.82) is 0 Å². The highest BCUT2D eigenvalue weighted by molar-refractivity contribution is 5.94. The second-order valence-electron chi connectivity index (χ2n) is 9.83. The number of alkyl halides is 3. The first-order valence-corrected chi connectivity index (χ1v) is 13.2. The number of benzene rings is 4. The Labute approximate surface area is 249 Å². The van der Waals surface area contributed by atoms with Gasteiger partial charge in [0.1, 0.15) is 29.7 Å². The number of methoxy groups -OCH3 is 1. The number of para-hydroxylation sites is 1. The summed E-state index contributed by atoms with van der Waals surface area (Å²) in [4.78, 5) is 30.2. The van der Waals surface area contributed by atoms with Gasteiger partial charge in [0.2, 0.25) is 5.91 Å². The van der Waals surface area contributed by atoms with E-state index in [1.54, 1.807) is 65.2 Å². The van der Waals surface area contributed by atoms with Gasteiger partial charge in [-0.1, -0.05) is 42.5 Å². The number of hydrogen-bond donors (Lipinski definition) is 2. The van der Waals surface area contributed by atoms with Crippen LogP contribution in [-0.2, 0) is 16.8 Å². The predicted molar refractivity (Wildman–Crippen MR) is 154 cm³/mol. The minimum Gasteiger partial charge on any atom is -0.497 e. The Bertz CT molecular complexity index is 1810. The standard InChI is InChI=1S/C32H26F3N3O6/c1-42-25-9-5-6-22(17-25)31(29(36)41,19-43-23-7-3-2-4-8-23)30-37-26-16-21(28(39)40)12-15-27(26)38(30)18-20-10-13-24(14-11-20)44-32(33,34)35/h2-17H,18-19H2,1H3,(H2,36,41)(H,39,40). The summed E-state index contributed by atoms with van der Waals surface area (Å²) in [6, 6.07) is 25.0. The SMILES string of the molecule is COc1cccc(C(COc2ccccc2)(C(N)=O)c2nc3cc(C(=O)O)ccc3n2Cc2ccc(OC(F)(F)F)cc2)c1. The fraction of sp³-hybridized carbons (Fsp3) is 0.156. The molecule has 44 heavy (non-hydrogen) atoms. The van der Waals surface area contributed by atoms with Crippen molar-refractivity contribution in [1.82, 2.24) is 9.55 Å². The number of nitrogens with zero attached hydrogens (tertiary/aromatic N) is 2. The van der Waals surface area contributed by atoms with Crippen molar-refractivity contribution in [3.05, 3.63) is 120 Å². The molecule has 3 N–H and O–H groups in total. The summed E-state index contributed by atoms with van der Waals surface area (Å²) >= 11 is 0. The van der Waals surface area contributed by atoms with Crippen LogP contribution in [0.3, 0.4) is 0 Å². The first kappa shape index (κ1) is 30.0. The van der Waals surface area contributed by atoms with Gasteiger partial charge in [0.05, 0.1) is 23.7 Å². The first-order valence-electron chi connectivity index (χ1n) is 13.2. The van der Waals surface area contributed by atoms with Gasteiger partial charge < -0.3 is 29.6 Å². The summed E-state index contributed by atoms with van der Waals surface area (Å²) in [5, 5.41) is 9.62. The van der Waals surface area contributed by atoms with Gasteiger partial charge in [-0.3, -0.25) is 4.79 Å². The van der Waals surface area contributed by atoms with Crippen LogP contribution in [0.15, 0.2) is 97.1 Å². The van der Waals surface area contributed by atoms with E-state index in [-0.39, 0.29) is 30.1 Å². The highest BCUT2D eigenvalue weighted by Gasteiger charge is 2.46. The lowest BCUT2D eigenvalue weighted by atomic mass is 9.79. The van der Waals surface area contributed by atoms with Crippen molar-refractivity contribution in [3.63, 3.8) is 0 Å². The lowest BCUT2D eigenvalue weighted by Crippen LogP contribution is -2.49. The second-order valence-corrected chi connectivity index (χ2v) is 9.83. The maximum Gasteiger partial charge on any atom is 0.573 e. The van der Waals surface area contributed by atoms with Crippen LogP contribution in [-0.4, -0.2) is 46.6 Å². The van der Waals surface area contributed by atoms with Crippen molar-refractivity contribution in [2.45, 2.75) is 18.3 Å². The van der Waals surface area contributed by atoms with Crippen LogP contribution in [0.25, 0.3) is 11.0 Å². The summed E-state index contributed by atoms with van der Waals surface area (Å²) in [7, 11) is 1.47. The third-order valence-corrected chi connectivity index (χ3v) is 7.06. The van der Waals surface area contributed by atoms with Gasteiger partial charge in [-0.05, 0) is 65.7 Å². The molecule has 0 aliphatic carbocycles. The van der Waals surface area contributed by atoms with E-state index in [1.807, 2.05) is 0 Å². The summed E-state index contributed by atoms with van der Waals surface area (Å²) in [5.74, 6) is -1.37. The van der Waals surface area contributed by atoms with Gasteiger partial charge in [0.15, 0.2) is 5.41 Å². The van der Waals surface area contributed by atoms with Gasteiger partial charge in [-0.25, -0.2) is 9.78 Å². The number of aromatic nitrogens is 2. The fourth-order valence-corrected chi connectivity index (χ4v) is 4.93. The molecule has 12 heteroatoms. The van der Waals surface area contributed by atoms with Crippen molar-refractivity contribution in [2.24, 2.45) is 5.73 Å². The van der Waals surface area contributed by atoms with Gasteiger partial charge >= 0.3 is 12.3 Å². The zero-order chi connectivity index (χ0) is 31.5. The molecule has 0 spiro atoms. The summed E-state index contributed by atoms with van der Waals surface area (Å²) < 4.78 is 55.4. The third kappa shape index (κ3) is 6.14. The van der Waals surface area contributed by atoms with E-state index in [4.69, 9.17) is 20.2 Å². The third-order valence-electron chi connectivity index (χ3n) is 7.06. The predicted octanol–water partition coefficient (Wildman–Crippen LogP) is 5.54. The molecule has 5 rings (SSSR count). The average molecular weight is 606 g/mol. The van der Waals surface area contributed by atoms with Gasteiger partial charge in [-0.15, -0.1) is 13.2 Å². The number of carboxylic acid groups (broad SMARTS) is 1. The van der Waals surface area contributed by atoms with Crippen LogP contribution in [0, 0.1) is 0 Å². The number of hydrogen-bond acceptors (Lipinski definition) is 6. The molecule has 5 aromatic rings. The molecule has 0 radical (unpaired) electrons. The van der Waals surface area contributed by atoms with Crippen molar-refractivity contribution >= 4 is 22.9 Å². The van der Waals surface area contributed by atoms with Crippen LogP contribution in [0.1, 0.15) is 27.3 Å². The number of amides is 1. The van der Waals surface area contributed by atoms with Crippen LogP contribution < -0.4 is 19.9 Å². The molecule has 226 valence electrons. The van der Waals surface area contributed by atoms with Gasteiger partial charge in [0.25, 0.3) is 0 Å². The topological polar surface area (TPSA) is 126 Å². The largest absolute Gasteiger partial charge is 0.573 e. The Balaban J connectivity index is 1.73. The molecule has 0 fully saturated rings. The molecule has 4 aromatic carbocycles. The van der Waals surface area contributed by atoms with E-state index in [0.717, 1.165) is 0 Å². The molecular weight excluding hydrogens is 579 g/mol. The van der Waals surface area contributed by atoms with E-state index in [2.05, 4.69) is 4.74 Å². The Morgan fingerprint density at radius 3 is 2.23 bits per heavy atom. The number of aromatic carboxylic acids is 1. The van der Waals surface area contributed by atoms with E-state index in [1.165, 1.54) is 43.5 Å². The Hall–Kier alpha value is -5.52. The van der Waals surface area contributed by atoms with Gasteiger partial charge in [0, 0.05) is 6.54 Å². The van der Waals surface area contributed by atoms with E-state index in [0.29, 0.717) is 28.1 Å². The molecule has 0 aliphatic rings. The van der Waals surface area contributed by atoms with Crippen molar-refractivity contribution in [3.8, 4) is 17.2 Å². The Kier molecular flexibility index (Phi) is 8.17. The average Bonchev–Trinajstić information content (AvgIpc) is 3.35. The summed E-state index contributed by atoms with van der Waals surface area (Å²) in [6.45, 7) is -0.276. The molecule has 0 saturated carbocycles. The van der Waals surface area contributed by atoms with E-state index < -0.39 is 29.4 Å². The minimum atomic E-state index is -4.85. The van der Waals surface area contributed by atoms with Crippen molar-refractivity contribution in [2.75, 3.05) is 13.7 Å². The molecule has 0 saturated heterocycles. The van der Waals surface area contributed by atoms with E-state index in [9.17, 15) is 27.9 Å². The smallest absolute Gasteiger partial charge is 0.497 e. The van der Waals surface area contributed by atoms with Crippen LogP contribution in [0.2, 0.25) is 0 Å². The minimum absolute atomic E-state index is 0.0227. The highest BCUT2D eigenvalue weighted by atomic mass is 19.4.